The average Bonchev–Trinajstić information content (AvgIpc) is 2.38. The van der Waals surface area contributed by atoms with Gasteiger partial charge in [-0.05, 0) is 24.1 Å². The van der Waals surface area contributed by atoms with Gasteiger partial charge in [-0.15, -0.1) is 18.2 Å². The van der Waals surface area contributed by atoms with Crippen molar-refractivity contribution in [2.45, 2.75) is 18.2 Å². The monoisotopic (exact) mass is 298 g/mol. The Bertz CT molecular complexity index is 562. The van der Waals surface area contributed by atoms with E-state index in [-0.39, 0.29) is 4.90 Å². The molecule has 0 atom stereocenters. The molecule has 0 aliphatic heterocycles. The topological polar surface area (TPSA) is 72.2 Å². The van der Waals surface area contributed by atoms with Crippen molar-refractivity contribution >= 4 is 27.5 Å². The van der Waals surface area contributed by atoms with Crippen LogP contribution in [0.15, 0.2) is 23.1 Å². The number of nitrogen functional groups attached to an aromatic ring is 1. The van der Waals surface area contributed by atoms with Crippen LogP contribution in [-0.4, -0.2) is 26.5 Å². The van der Waals surface area contributed by atoms with Gasteiger partial charge >= 0.3 is 0 Å². The van der Waals surface area contributed by atoms with Crippen LogP contribution in [-0.2, 0) is 16.4 Å². The molecule has 4 nitrogen and oxygen atoms in total. The van der Waals surface area contributed by atoms with Gasteiger partial charge in [-0.2, -0.15) is 0 Å². The number of aryl methyl sites for hydroxylation is 1. The number of benzene rings is 1. The molecule has 0 aliphatic carbocycles. The van der Waals surface area contributed by atoms with E-state index in [1.807, 2.05) is 6.92 Å². The first-order valence-corrected chi connectivity index (χ1v) is 8.54. The molecule has 1 rings (SSSR count). The van der Waals surface area contributed by atoms with Gasteiger partial charge in [0.25, 0.3) is 0 Å². The molecule has 0 fully saturated rings. The molecule has 1 aromatic rings. The molecule has 0 heterocycles. The van der Waals surface area contributed by atoms with E-state index in [2.05, 4.69) is 10.6 Å². The fourth-order valence-corrected chi connectivity index (χ4v) is 3.58. The van der Waals surface area contributed by atoms with Gasteiger partial charge < -0.3 is 5.73 Å². The molecule has 0 saturated heterocycles. The lowest BCUT2D eigenvalue weighted by Crippen LogP contribution is -2.27. The van der Waals surface area contributed by atoms with Crippen LogP contribution < -0.4 is 10.5 Å². The molecule has 0 bridgehead atoms. The highest BCUT2D eigenvalue weighted by molar-refractivity contribution is 7.99. The molecule has 0 unspecified atom stereocenters. The summed E-state index contributed by atoms with van der Waals surface area (Å²) in [6, 6.07) is 4.95. The zero-order valence-electron chi connectivity index (χ0n) is 10.8. The highest BCUT2D eigenvalue weighted by Gasteiger charge is 2.17. The van der Waals surface area contributed by atoms with Gasteiger partial charge in [0.1, 0.15) is 0 Å². The second kappa shape index (κ2) is 7.43. The van der Waals surface area contributed by atoms with E-state index in [9.17, 15) is 8.42 Å². The number of hydrogen-bond donors (Lipinski definition) is 2. The van der Waals surface area contributed by atoms with Crippen molar-refractivity contribution in [3.63, 3.8) is 0 Å². The quantitative estimate of drug-likeness (QED) is 0.454. The summed E-state index contributed by atoms with van der Waals surface area (Å²) >= 11 is 1.51. The van der Waals surface area contributed by atoms with Crippen LogP contribution in [0.3, 0.4) is 0 Å². The Morgan fingerprint density at radius 3 is 2.84 bits per heavy atom. The molecule has 0 amide bonds. The number of anilines is 1. The van der Waals surface area contributed by atoms with E-state index >= 15 is 0 Å². The molecule has 3 N–H and O–H groups in total. The summed E-state index contributed by atoms with van der Waals surface area (Å²) in [5.74, 6) is 3.72. The molecule has 0 radical (unpaired) electrons. The zero-order chi connectivity index (χ0) is 14.3. The van der Waals surface area contributed by atoms with Crippen LogP contribution in [0.1, 0.15) is 12.5 Å². The van der Waals surface area contributed by atoms with Crippen molar-refractivity contribution in [1.82, 2.24) is 4.72 Å². The Labute approximate surface area is 119 Å². The van der Waals surface area contributed by atoms with Gasteiger partial charge in [-0.1, -0.05) is 18.9 Å². The van der Waals surface area contributed by atoms with E-state index in [0.29, 0.717) is 30.2 Å². The van der Waals surface area contributed by atoms with Crippen LogP contribution in [0.4, 0.5) is 5.69 Å². The van der Waals surface area contributed by atoms with Gasteiger partial charge in [0.2, 0.25) is 10.0 Å². The van der Waals surface area contributed by atoms with E-state index in [4.69, 9.17) is 12.2 Å². The largest absolute Gasteiger partial charge is 0.399 e. The molecule has 0 aliphatic rings. The van der Waals surface area contributed by atoms with Gasteiger partial charge in [-0.25, -0.2) is 13.1 Å². The predicted octanol–water partition coefficient (Wildman–Crippen LogP) is 1.48. The number of thioether (sulfide) groups is 1. The molecular formula is C13H18N2O2S2. The Balaban J connectivity index is 2.77. The number of terminal acetylenes is 1. The second-order valence-corrected chi connectivity index (χ2v) is 6.72. The molecule has 104 valence electrons. The number of rotatable bonds is 7. The smallest absolute Gasteiger partial charge is 0.240 e. The lowest BCUT2D eigenvalue weighted by atomic mass is 10.1. The van der Waals surface area contributed by atoms with Crippen LogP contribution in [0.25, 0.3) is 0 Å². The molecular weight excluding hydrogens is 280 g/mol. The van der Waals surface area contributed by atoms with Crippen molar-refractivity contribution in [1.29, 1.82) is 0 Å². The molecule has 19 heavy (non-hydrogen) atoms. The molecule has 1 aromatic carbocycles. The average molecular weight is 298 g/mol. The molecule has 6 heteroatoms. The van der Waals surface area contributed by atoms with Gasteiger partial charge in [0, 0.05) is 18.0 Å². The SMILES string of the molecule is C#CCSCCNS(=O)(=O)c1cc(N)ccc1CC. The van der Waals surface area contributed by atoms with Crippen molar-refractivity contribution in [3.05, 3.63) is 23.8 Å². The number of sulfonamides is 1. The van der Waals surface area contributed by atoms with Gasteiger partial charge in [-0.3, -0.25) is 0 Å². The van der Waals surface area contributed by atoms with Crippen LogP contribution >= 0.6 is 11.8 Å². The normalized spacial score (nSPS) is 11.2. The van der Waals surface area contributed by atoms with E-state index < -0.39 is 10.0 Å². The van der Waals surface area contributed by atoms with Crippen molar-refractivity contribution < 1.29 is 8.42 Å². The lowest BCUT2D eigenvalue weighted by Gasteiger charge is -2.11. The van der Waals surface area contributed by atoms with Gasteiger partial charge in [0.15, 0.2) is 0 Å². The fraction of sp³-hybridized carbons (Fsp3) is 0.385. The van der Waals surface area contributed by atoms with Crippen LogP contribution in [0, 0.1) is 12.3 Å². The summed E-state index contributed by atoms with van der Waals surface area (Å²) < 4.78 is 26.9. The van der Waals surface area contributed by atoms with Crippen LogP contribution in [0.2, 0.25) is 0 Å². The maximum absolute atomic E-state index is 12.2. The Hall–Kier alpha value is -1.16. The summed E-state index contributed by atoms with van der Waals surface area (Å²) in [6.07, 6.45) is 5.76. The number of nitrogens with two attached hydrogens (primary N) is 1. The second-order valence-electron chi connectivity index (χ2n) is 3.88. The predicted molar refractivity (Wildman–Crippen MR) is 81.6 cm³/mol. The van der Waals surface area contributed by atoms with E-state index in [1.54, 1.807) is 12.1 Å². The van der Waals surface area contributed by atoms with Crippen molar-refractivity contribution in [2.75, 3.05) is 23.8 Å². The summed E-state index contributed by atoms with van der Waals surface area (Å²) in [4.78, 5) is 0.261. The maximum atomic E-state index is 12.2. The van der Waals surface area contributed by atoms with E-state index in [1.165, 1.54) is 17.8 Å². The minimum atomic E-state index is -3.51. The number of hydrogen-bond acceptors (Lipinski definition) is 4. The van der Waals surface area contributed by atoms with Crippen molar-refractivity contribution in [2.24, 2.45) is 0 Å². The lowest BCUT2D eigenvalue weighted by molar-refractivity contribution is 0.583. The minimum absolute atomic E-state index is 0.261. The number of nitrogens with one attached hydrogen (secondary N) is 1. The molecule has 0 spiro atoms. The highest BCUT2D eigenvalue weighted by Crippen LogP contribution is 2.19. The minimum Gasteiger partial charge on any atom is -0.399 e. The Kier molecular flexibility index (Phi) is 6.22. The van der Waals surface area contributed by atoms with Gasteiger partial charge in [0.05, 0.1) is 10.6 Å². The molecule has 0 saturated carbocycles. The molecule has 0 aromatic heterocycles. The third kappa shape index (κ3) is 4.78. The standard InChI is InChI=1S/C13H18N2O2S2/c1-3-8-18-9-7-15-19(16,17)13-10-12(14)6-5-11(13)4-2/h1,5-6,10,15H,4,7-9,14H2,2H3. The van der Waals surface area contributed by atoms with Crippen molar-refractivity contribution in [3.8, 4) is 12.3 Å². The fourth-order valence-electron chi connectivity index (χ4n) is 1.57. The maximum Gasteiger partial charge on any atom is 0.240 e. The first kappa shape index (κ1) is 15.9. The summed E-state index contributed by atoms with van der Waals surface area (Å²) in [5.41, 5.74) is 6.86. The van der Waals surface area contributed by atoms with E-state index in [0.717, 1.165) is 5.56 Å². The summed E-state index contributed by atoms with van der Waals surface area (Å²) in [5, 5.41) is 0. The summed E-state index contributed by atoms with van der Waals surface area (Å²) in [6.45, 7) is 2.26. The Morgan fingerprint density at radius 2 is 2.21 bits per heavy atom. The Morgan fingerprint density at radius 1 is 1.47 bits per heavy atom. The highest BCUT2D eigenvalue weighted by atomic mass is 32.2. The summed E-state index contributed by atoms with van der Waals surface area (Å²) in [7, 11) is -3.51. The first-order valence-electron chi connectivity index (χ1n) is 5.90. The first-order chi connectivity index (χ1) is 9.01. The third-order valence-electron chi connectivity index (χ3n) is 2.49. The zero-order valence-corrected chi connectivity index (χ0v) is 12.5. The van der Waals surface area contributed by atoms with Crippen LogP contribution in [0.5, 0.6) is 0 Å². The third-order valence-corrected chi connectivity index (χ3v) is 4.89.